The zero-order valence-electron chi connectivity index (χ0n) is 13.2. The van der Waals surface area contributed by atoms with E-state index in [0.29, 0.717) is 31.2 Å². The van der Waals surface area contributed by atoms with Crippen LogP contribution in [0, 0.1) is 5.92 Å². The van der Waals surface area contributed by atoms with Gasteiger partial charge in [0.2, 0.25) is 0 Å². The first-order valence-corrected chi connectivity index (χ1v) is 8.57. The van der Waals surface area contributed by atoms with E-state index in [0.717, 1.165) is 18.4 Å². The molecule has 2 heterocycles. The van der Waals surface area contributed by atoms with Gasteiger partial charge < -0.3 is 10.1 Å². The maximum Gasteiger partial charge on any atom is 0.325 e. The molecule has 5 nitrogen and oxygen atoms in total. The number of fused-ring (bicyclic) bond motifs is 2. The first-order valence-electron chi connectivity index (χ1n) is 8.57. The largest absolute Gasteiger partial charge is 0.493 e. The lowest BCUT2D eigenvalue weighted by Gasteiger charge is -2.33. The molecule has 1 aromatic carbocycles. The van der Waals surface area contributed by atoms with Crippen molar-refractivity contribution in [1.29, 1.82) is 0 Å². The van der Waals surface area contributed by atoms with Crippen LogP contribution in [0.25, 0.3) is 0 Å². The SMILES string of the molecule is O=C1NC2(CCOc3ccccc32)C(=O)N1CC1CCCCC1. The summed E-state index contributed by atoms with van der Waals surface area (Å²) in [5, 5.41) is 2.97. The fraction of sp³-hybridized carbons (Fsp3) is 0.556. The van der Waals surface area contributed by atoms with Crippen molar-refractivity contribution in [3.8, 4) is 5.75 Å². The number of rotatable bonds is 2. The second-order valence-corrected chi connectivity index (χ2v) is 6.85. The quantitative estimate of drug-likeness (QED) is 0.854. The molecular formula is C18H22N2O3. The topological polar surface area (TPSA) is 58.6 Å². The second kappa shape index (κ2) is 5.55. The van der Waals surface area contributed by atoms with Crippen LogP contribution in [0.15, 0.2) is 24.3 Å². The predicted molar refractivity (Wildman–Crippen MR) is 85.1 cm³/mol. The van der Waals surface area contributed by atoms with Crippen LogP contribution < -0.4 is 10.1 Å². The van der Waals surface area contributed by atoms with Crippen LogP contribution in [-0.4, -0.2) is 30.0 Å². The molecule has 2 fully saturated rings. The Morgan fingerprint density at radius 2 is 1.96 bits per heavy atom. The number of amides is 3. The summed E-state index contributed by atoms with van der Waals surface area (Å²) in [5.74, 6) is 1.04. The first kappa shape index (κ1) is 14.5. The van der Waals surface area contributed by atoms with Crippen molar-refractivity contribution in [2.75, 3.05) is 13.2 Å². The Labute approximate surface area is 136 Å². The average molecular weight is 314 g/mol. The van der Waals surface area contributed by atoms with Gasteiger partial charge in [0.25, 0.3) is 5.91 Å². The Bertz CT molecular complexity index is 639. The highest BCUT2D eigenvalue weighted by molar-refractivity contribution is 6.08. The van der Waals surface area contributed by atoms with Gasteiger partial charge in [-0.05, 0) is 24.8 Å². The summed E-state index contributed by atoms with van der Waals surface area (Å²) in [6.45, 7) is 0.996. The van der Waals surface area contributed by atoms with Crippen molar-refractivity contribution in [3.05, 3.63) is 29.8 Å². The zero-order valence-corrected chi connectivity index (χ0v) is 13.2. The first-order chi connectivity index (χ1) is 11.2. The molecule has 0 bridgehead atoms. The number of carbonyl (C=O) groups excluding carboxylic acids is 2. The predicted octanol–water partition coefficient (Wildman–Crippen LogP) is 2.80. The number of benzene rings is 1. The van der Waals surface area contributed by atoms with E-state index in [4.69, 9.17) is 4.74 Å². The Balaban J connectivity index is 1.62. The molecule has 1 N–H and O–H groups in total. The number of carbonyl (C=O) groups is 2. The number of imide groups is 1. The average Bonchev–Trinajstić information content (AvgIpc) is 2.81. The maximum absolute atomic E-state index is 13.1. The Kier molecular flexibility index (Phi) is 3.51. The molecule has 0 aromatic heterocycles. The van der Waals surface area contributed by atoms with Gasteiger partial charge in [-0.3, -0.25) is 9.69 Å². The van der Waals surface area contributed by atoms with Crippen LogP contribution >= 0.6 is 0 Å². The highest BCUT2D eigenvalue weighted by Crippen LogP contribution is 2.41. The van der Waals surface area contributed by atoms with Crippen LogP contribution in [0.1, 0.15) is 44.1 Å². The van der Waals surface area contributed by atoms with Crippen molar-refractivity contribution >= 4 is 11.9 Å². The summed E-state index contributed by atoms with van der Waals surface area (Å²) in [4.78, 5) is 27.1. The van der Waals surface area contributed by atoms with Crippen LogP contribution in [0.4, 0.5) is 4.79 Å². The summed E-state index contributed by atoms with van der Waals surface area (Å²) in [6.07, 6.45) is 6.40. The molecule has 3 amide bonds. The van der Waals surface area contributed by atoms with Gasteiger partial charge in [0.1, 0.15) is 5.75 Å². The molecule has 122 valence electrons. The van der Waals surface area contributed by atoms with Crippen molar-refractivity contribution in [1.82, 2.24) is 10.2 Å². The van der Waals surface area contributed by atoms with E-state index in [1.165, 1.54) is 24.2 Å². The van der Waals surface area contributed by atoms with Gasteiger partial charge >= 0.3 is 6.03 Å². The monoisotopic (exact) mass is 314 g/mol. The Morgan fingerprint density at radius 1 is 1.17 bits per heavy atom. The number of ether oxygens (including phenoxy) is 1. The second-order valence-electron chi connectivity index (χ2n) is 6.85. The molecule has 1 saturated heterocycles. The molecule has 23 heavy (non-hydrogen) atoms. The van der Waals surface area contributed by atoms with Gasteiger partial charge in [-0.25, -0.2) is 4.79 Å². The van der Waals surface area contributed by atoms with Gasteiger partial charge in [-0.15, -0.1) is 0 Å². The molecule has 0 radical (unpaired) electrons. The normalized spacial score (nSPS) is 27.7. The summed E-state index contributed by atoms with van der Waals surface area (Å²) in [7, 11) is 0. The number of nitrogens with one attached hydrogen (secondary N) is 1. The Morgan fingerprint density at radius 3 is 2.78 bits per heavy atom. The molecule has 1 atom stereocenters. The highest BCUT2D eigenvalue weighted by Gasteiger charge is 2.54. The van der Waals surface area contributed by atoms with E-state index in [2.05, 4.69) is 5.32 Å². The van der Waals surface area contributed by atoms with E-state index in [1.807, 2.05) is 24.3 Å². The molecular weight excluding hydrogens is 292 g/mol. The van der Waals surface area contributed by atoms with Gasteiger partial charge in [0.15, 0.2) is 5.54 Å². The minimum atomic E-state index is -0.930. The summed E-state index contributed by atoms with van der Waals surface area (Å²) in [6, 6.07) is 7.27. The fourth-order valence-electron chi connectivity index (χ4n) is 4.17. The van der Waals surface area contributed by atoms with Crippen molar-refractivity contribution < 1.29 is 14.3 Å². The van der Waals surface area contributed by atoms with Gasteiger partial charge in [0, 0.05) is 18.5 Å². The van der Waals surface area contributed by atoms with E-state index >= 15 is 0 Å². The van der Waals surface area contributed by atoms with E-state index < -0.39 is 5.54 Å². The van der Waals surface area contributed by atoms with Crippen LogP contribution in [0.5, 0.6) is 5.75 Å². The van der Waals surface area contributed by atoms with Gasteiger partial charge in [-0.2, -0.15) is 0 Å². The molecule has 1 aliphatic carbocycles. The minimum absolute atomic E-state index is 0.108. The third-order valence-corrected chi connectivity index (χ3v) is 5.42. The van der Waals surface area contributed by atoms with Crippen LogP contribution in [0.2, 0.25) is 0 Å². The molecule has 5 heteroatoms. The number of hydrogen-bond donors (Lipinski definition) is 1. The number of nitrogens with zero attached hydrogens (tertiary/aromatic N) is 1. The van der Waals surface area contributed by atoms with Crippen LogP contribution in [0.3, 0.4) is 0 Å². The molecule has 1 aromatic rings. The molecule has 4 rings (SSSR count). The molecule has 2 aliphatic heterocycles. The fourth-order valence-corrected chi connectivity index (χ4v) is 4.17. The lowest BCUT2D eigenvalue weighted by Crippen LogP contribution is -2.47. The summed E-state index contributed by atoms with van der Waals surface area (Å²) in [5.41, 5.74) is -0.142. The highest BCUT2D eigenvalue weighted by atomic mass is 16.5. The van der Waals surface area contributed by atoms with Crippen molar-refractivity contribution in [2.24, 2.45) is 5.92 Å². The lowest BCUT2D eigenvalue weighted by atomic mass is 9.84. The molecule has 3 aliphatic rings. The number of urea groups is 1. The van der Waals surface area contributed by atoms with E-state index in [9.17, 15) is 9.59 Å². The summed E-state index contributed by atoms with van der Waals surface area (Å²) >= 11 is 0. The third-order valence-electron chi connectivity index (χ3n) is 5.42. The zero-order chi connectivity index (χ0) is 15.9. The van der Waals surface area contributed by atoms with Gasteiger partial charge in [0.05, 0.1) is 6.61 Å². The van der Waals surface area contributed by atoms with E-state index in [-0.39, 0.29) is 11.9 Å². The smallest absolute Gasteiger partial charge is 0.325 e. The van der Waals surface area contributed by atoms with Gasteiger partial charge in [-0.1, -0.05) is 37.5 Å². The standard InChI is InChI=1S/C18H22N2O3/c21-16-18(10-11-23-15-9-5-4-8-14(15)18)19-17(22)20(16)12-13-6-2-1-3-7-13/h4-5,8-9,13H,1-3,6-7,10-12H2,(H,19,22). The maximum atomic E-state index is 13.1. The van der Waals surface area contributed by atoms with Crippen LogP contribution in [-0.2, 0) is 10.3 Å². The molecule has 1 saturated carbocycles. The van der Waals surface area contributed by atoms with Crippen molar-refractivity contribution in [2.45, 2.75) is 44.1 Å². The summed E-state index contributed by atoms with van der Waals surface area (Å²) < 4.78 is 5.66. The number of para-hydroxylation sites is 1. The minimum Gasteiger partial charge on any atom is -0.493 e. The lowest BCUT2D eigenvalue weighted by molar-refractivity contribution is -0.133. The number of hydrogen-bond acceptors (Lipinski definition) is 3. The third kappa shape index (κ3) is 2.30. The van der Waals surface area contributed by atoms with E-state index in [1.54, 1.807) is 0 Å². The molecule has 1 spiro atoms. The Hall–Kier alpha value is -2.04. The van der Waals surface area contributed by atoms with Crippen molar-refractivity contribution in [3.63, 3.8) is 0 Å². The molecule has 1 unspecified atom stereocenters.